The van der Waals surface area contributed by atoms with Crippen LogP contribution in [0.2, 0.25) is 0 Å². The normalized spacial score (nSPS) is 15.3. The molecule has 0 spiro atoms. The van der Waals surface area contributed by atoms with Gasteiger partial charge in [-0.1, -0.05) is 30.3 Å². The first kappa shape index (κ1) is 19.3. The number of benzene rings is 2. The van der Waals surface area contributed by atoms with E-state index >= 15 is 0 Å². The molecular weight excluding hydrogens is 370 g/mol. The van der Waals surface area contributed by atoms with E-state index in [2.05, 4.69) is 0 Å². The highest BCUT2D eigenvalue weighted by Gasteiger charge is 2.26. The maximum absolute atomic E-state index is 12.7. The molecule has 1 aliphatic rings. The number of carbonyl (C=O) groups is 1. The summed E-state index contributed by atoms with van der Waals surface area (Å²) in [4.78, 5) is 12.0. The molecule has 1 fully saturated rings. The Hall–Kier alpha value is -2.42. The Balaban J connectivity index is 1.56. The molecule has 144 valence electrons. The number of hydrogen-bond donors (Lipinski definition) is 0. The second kappa shape index (κ2) is 8.98. The SMILES string of the molecule is O=C(COc1ccccc1)OCc1cccc(S(=O)(=O)N2CCOCC2)c1. The van der Waals surface area contributed by atoms with Crippen LogP contribution in [0.5, 0.6) is 5.75 Å². The molecule has 1 aliphatic heterocycles. The Morgan fingerprint density at radius 1 is 1.04 bits per heavy atom. The molecule has 2 aromatic rings. The summed E-state index contributed by atoms with van der Waals surface area (Å²) in [5.41, 5.74) is 0.595. The fraction of sp³-hybridized carbons (Fsp3) is 0.316. The summed E-state index contributed by atoms with van der Waals surface area (Å²) in [7, 11) is -3.58. The van der Waals surface area contributed by atoms with Crippen molar-refractivity contribution in [3.05, 3.63) is 60.2 Å². The van der Waals surface area contributed by atoms with Crippen LogP contribution in [0.3, 0.4) is 0 Å². The Bertz CT molecular complexity index is 863. The van der Waals surface area contributed by atoms with Crippen LogP contribution in [0.4, 0.5) is 0 Å². The van der Waals surface area contributed by atoms with Crippen LogP contribution in [0, 0.1) is 0 Å². The predicted octanol–water partition coefficient (Wildman–Crippen LogP) is 1.83. The lowest BCUT2D eigenvalue weighted by Crippen LogP contribution is -2.40. The minimum absolute atomic E-state index is 0.0244. The number of rotatable bonds is 7. The van der Waals surface area contributed by atoms with E-state index in [0.717, 1.165) is 0 Å². The summed E-state index contributed by atoms with van der Waals surface area (Å²) in [6.07, 6.45) is 0. The third-order valence-electron chi connectivity index (χ3n) is 4.01. The summed E-state index contributed by atoms with van der Waals surface area (Å²) >= 11 is 0. The Morgan fingerprint density at radius 3 is 2.52 bits per heavy atom. The number of sulfonamides is 1. The van der Waals surface area contributed by atoms with Gasteiger partial charge in [-0.3, -0.25) is 0 Å². The second-order valence-corrected chi connectivity index (χ2v) is 7.86. The van der Waals surface area contributed by atoms with E-state index in [1.807, 2.05) is 6.07 Å². The summed E-state index contributed by atoms with van der Waals surface area (Å²) in [6.45, 7) is 1.20. The first-order valence-electron chi connectivity index (χ1n) is 8.56. The standard InChI is InChI=1S/C19H21NO6S/c21-19(15-25-17-6-2-1-3-7-17)26-14-16-5-4-8-18(13-16)27(22,23)20-9-11-24-12-10-20/h1-8,13H,9-12,14-15H2. The average Bonchev–Trinajstić information content (AvgIpc) is 2.72. The first-order chi connectivity index (χ1) is 13.1. The molecule has 0 aromatic heterocycles. The lowest BCUT2D eigenvalue weighted by molar-refractivity contribution is -0.147. The van der Waals surface area contributed by atoms with Gasteiger partial charge in [0.05, 0.1) is 18.1 Å². The van der Waals surface area contributed by atoms with Gasteiger partial charge in [-0.2, -0.15) is 4.31 Å². The molecule has 2 aromatic carbocycles. The summed E-state index contributed by atoms with van der Waals surface area (Å²) in [6, 6.07) is 15.4. The molecule has 1 heterocycles. The lowest BCUT2D eigenvalue weighted by Gasteiger charge is -2.26. The zero-order valence-corrected chi connectivity index (χ0v) is 15.6. The van der Waals surface area contributed by atoms with Gasteiger partial charge in [0.2, 0.25) is 10.0 Å². The van der Waals surface area contributed by atoms with Crippen molar-refractivity contribution in [1.82, 2.24) is 4.31 Å². The minimum atomic E-state index is -3.58. The van der Waals surface area contributed by atoms with Gasteiger partial charge in [0.1, 0.15) is 12.4 Å². The van der Waals surface area contributed by atoms with E-state index in [-0.39, 0.29) is 18.1 Å². The molecule has 1 saturated heterocycles. The molecule has 3 rings (SSSR count). The number of hydrogen-bond acceptors (Lipinski definition) is 6. The number of morpholine rings is 1. The smallest absolute Gasteiger partial charge is 0.344 e. The number of carbonyl (C=O) groups excluding carboxylic acids is 1. The number of ether oxygens (including phenoxy) is 3. The minimum Gasteiger partial charge on any atom is -0.482 e. The maximum atomic E-state index is 12.7. The van der Waals surface area contributed by atoms with Crippen LogP contribution in [-0.2, 0) is 30.9 Å². The molecule has 27 heavy (non-hydrogen) atoms. The third-order valence-corrected chi connectivity index (χ3v) is 5.90. The van der Waals surface area contributed by atoms with Crippen molar-refractivity contribution in [3.63, 3.8) is 0 Å². The van der Waals surface area contributed by atoms with Crippen LogP contribution in [0.1, 0.15) is 5.56 Å². The average molecular weight is 391 g/mol. The molecule has 0 unspecified atom stereocenters. The van der Waals surface area contributed by atoms with E-state index in [9.17, 15) is 13.2 Å². The maximum Gasteiger partial charge on any atom is 0.344 e. The third kappa shape index (κ3) is 5.29. The van der Waals surface area contributed by atoms with Crippen molar-refractivity contribution in [1.29, 1.82) is 0 Å². The van der Waals surface area contributed by atoms with Crippen LogP contribution in [0.15, 0.2) is 59.5 Å². The monoisotopic (exact) mass is 391 g/mol. The second-order valence-electron chi connectivity index (χ2n) is 5.93. The lowest BCUT2D eigenvalue weighted by atomic mass is 10.2. The van der Waals surface area contributed by atoms with Gasteiger partial charge >= 0.3 is 5.97 Å². The van der Waals surface area contributed by atoms with Crippen LogP contribution >= 0.6 is 0 Å². The first-order valence-corrected chi connectivity index (χ1v) is 10.00. The molecule has 0 N–H and O–H groups in total. The molecule has 8 heteroatoms. The van der Waals surface area contributed by atoms with Crippen molar-refractivity contribution in [2.45, 2.75) is 11.5 Å². The van der Waals surface area contributed by atoms with Crippen LogP contribution < -0.4 is 4.74 Å². The molecule has 0 radical (unpaired) electrons. The van der Waals surface area contributed by atoms with Crippen molar-refractivity contribution in [3.8, 4) is 5.75 Å². The molecule has 0 atom stereocenters. The molecule has 7 nitrogen and oxygen atoms in total. The summed E-state index contributed by atoms with van der Waals surface area (Å²) in [5.74, 6) is 0.0494. The quantitative estimate of drug-likeness (QED) is 0.670. The fourth-order valence-electron chi connectivity index (χ4n) is 2.60. The number of esters is 1. The van der Waals surface area contributed by atoms with E-state index in [1.165, 1.54) is 16.4 Å². The van der Waals surface area contributed by atoms with Crippen LogP contribution in [0.25, 0.3) is 0 Å². The zero-order chi connectivity index (χ0) is 19.1. The Kier molecular flexibility index (Phi) is 6.44. The van der Waals surface area contributed by atoms with E-state index in [4.69, 9.17) is 14.2 Å². The van der Waals surface area contributed by atoms with Gasteiger partial charge in [0.25, 0.3) is 0 Å². The van der Waals surface area contributed by atoms with Gasteiger partial charge in [0, 0.05) is 13.1 Å². The largest absolute Gasteiger partial charge is 0.482 e. The predicted molar refractivity (Wildman–Crippen MR) is 97.8 cm³/mol. The Labute approximate surface area is 158 Å². The highest BCUT2D eigenvalue weighted by molar-refractivity contribution is 7.89. The van der Waals surface area contributed by atoms with Gasteiger partial charge in [-0.05, 0) is 29.8 Å². The van der Waals surface area contributed by atoms with Gasteiger partial charge < -0.3 is 14.2 Å². The van der Waals surface area contributed by atoms with Gasteiger partial charge in [0.15, 0.2) is 6.61 Å². The Morgan fingerprint density at radius 2 is 1.78 bits per heavy atom. The van der Waals surface area contributed by atoms with Crippen molar-refractivity contribution >= 4 is 16.0 Å². The highest BCUT2D eigenvalue weighted by atomic mass is 32.2. The fourth-order valence-corrected chi connectivity index (χ4v) is 4.08. The van der Waals surface area contributed by atoms with E-state index < -0.39 is 16.0 Å². The molecule has 0 bridgehead atoms. The van der Waals surface area contributed by atoms with Crippen molar-refractivity contribution in [2.75, 3.05) is 32.9 Å². The highest BCUT2D eigenvalue weighted by Crippen LogP contribution is 2.19. The molecule has 0 aliphatic carbocycles. The molecule has 0 amide bonds. The van der Waals surface area contributed by atoms with E-state index in [1.54, 1.807) is 36.4 Å². The summed E-state index contributed by atoms with van der Waals surface area (Å²) in [5, 5.41) is 0. The van der Waals surface area contributed by atoms with E-state index in [0.29, 0.717) is 37.6 Å². The van der Waals surface area contributed by atoms with Crippen molar-refractivity contribution < 1.29 is 27.4 Å². The number of nitrogens with zero attached hydrogens (tertiary/aromatic N) is 1. The molecule has 0 saturated carbocycles. The number of para-hydroxylation sites is 1. The van der Waals surface area contributed by atoms with Gasteiger partial charge in [-0.25, -0.2) is 13.2 Å². The zero-order valence-electron chi connectivity index (χ0n) is 14.7. The van der Waals surface area contributed by atoms with Crippen molar-refractivity contribution in [2.24, 2.45) is 0 Å². The summed E-state index contributed by atoms with van der Waals surface area (Å²) < 4.78 is 42.5. The van der Waals surface area contributed by atoms with Crippen LogP contribution in [-0.4, -0.2) is 51.6 Å². The van der Waals surface area contributed by atoms with Gasteiger partial charge in [-0.15, -0.1) is 0 Å². The molecular formula is C19H21NO6S. The topological polar surface area (TPSA) is 82.1 Å².